The number of amides is 1. The number of nitrogens with zero attached hydrogens (tertiary/aromatic N) is 3. The summed E-state index contributed by atoms with van der Waals surface area (Å²) in [5.41, 5.74) is 6.11. The van der Waals surface area contributed by atoms with Gasteiger partial charge in [-0.2, -0.15) is 0 Å². The largest absolute Gasteiger partial charge is 0.497 e. The second-order valence-corrected chi connectivity index (χ2v) is 7.06. The molecule has 0 aliphatic rings. The summed E-state index contributed by atoms with van der Waals surface area (Å²) < 4.78 is 23.0. The van der Waals surface area contributed by atoms with E-state index in [4.69, 9.17) is 24.7 Å². The number of aromatic amines is 1. The van der Waals surface area contributed by atoms with E-state index in [1.807, 2.05) is 6.92 Å². The van der Waals surface area contributed by atoms with Gasteiger partial charge in [0, 0.05) is 11.6 Å². The molecule has 0 atom stereocenters. The van der Waals surface area contributed by atoms with Crippen molar-refractivity contribution in [2.45, 2.75) is 6.92 Å². The Morgan fingerprint density at radius 3 is 2.41 bits per heavy atom. The lowest BCUT2D eigenvalue weighted by atomic mass is 10.1. The van der Waals surface area contributed by atoms with Gasteiger partial charge in [0.2, 0.25) is 0 Å². The Balaban J connectivity index is 2.00. The number of H-pyrrole nitrogens is 1. The van der Waals surface area contributed by atoms with E-state index in [-0.39, 0.29) is 22.7 Å². The number of carbonyl (C=O) groups is 1. The average molecular weight is 465 g/mol. The number of nitrogens with two attached hydrogens (primary N) is 1. The average Bonchev–Trinajstić information content (AvgIpc) is 3.18. The number of carbonyl (C=O) groups excluding carboxylic acids is 1. The molecule has 4 aromatic rings. The summed E-state index contributed by atoms with van der Waals surface area (Å²) in [6.45, 7) is 2.32. The summed E-state index contributed by atoms with van der Waals surface area (Å²) in [5, 5.41) is 0. The van der Waals surface area contributed by atoms with E-state index in [9.17, 15) is 9.59 Å². The predicted octanol–water partition coefficient (Wildman–Crippen LogP) is 2.30. The molecule has 11 nitrogen and oxygen atoms in total. The van der Waals surface area contributed by atoms with Gasteiger partial charge in [-0.1, -0.05) is 0 Å². The van der Waals surface area contributed by atoms with E-state index < -0.39 is 11.6 Å². The summed E-state index contributed by atoms with van der Waals surface area (Å²) in [6, 6.07) is 10.1. The second kappa shape index (κ2) is 9.14. The Morgan fingerprint density at radius 1 is 1.00 bits per heavy atom. The van der Waals surface area contributed by atoms with Gasteiger partial charge in [0.15, 0.2) is 28.7 Å². The minimum Gasteiger partial charge on any atom is -0.497 e. The van der Waals surface area contributed by atoms with Crippen molar-refractivity contribution < 1.29 is 23.7 Å². The van der Waals surface area contributed by atoms with Crippen molar-refractivity contribution in [1.82, 2.24) is 19.5 Å². The molecule has 0 aliphatic carbocycles. The molecular weight excluding hydrogens is 442 g/mol. The molecule has 34 heavy (non-hydrogen) atoms. The molecule has 176 valence electrons. The summed E-state index contributed by atoms with van der Waals surface area (Å²) in [6.07, 6.45) is 0. The highest BCUT2D eigenvalue weighted by Crippen LogP contribution is 2.33. The van der Waals surface area contributed by atoms with Crippen LogP contribution in [0.4, 0.5) is 0 Å². The van der Waals surface area contributed by atoms with Crippen molar-refractivity contribution in [2.24, 2.45) is 5.73 Å². The first-order chi connectivity index (χ1) is 16.4. The number of hydrogen-bond acceptors (Lipinski definition) is 8. The maximum absolute atomic E-state index is 13.0. The lowest BCUT2D eigenvalue weighted by Gasteiger charge is -2.12. The van der Waals surface area contributed by atoms with E-state index in [1.54, 1.807) is 36.4 Å². The monoisotopic (exact) mass is 465 g/mol. The zero-order valence-corrected chi connectivity index (χ0v) is 19.0. The van der Waals surface area contributed by atoms with Crippen molar-refractivity contribution in [3.8, 4) is 40.1 Å². The highest BCUT2D eigenvalue weighted by atomic mass is 16.5. The Hall–Kier alpha value is -4.54. The molecule has 2 aromatic heterocycles. The Kier molecular flexibility index (Phi) is 6.09. The number of aromatic nitrogens is 4. The molecule has 2 aromatic carbocycles. The highest BCUT2D eigenvalue weighted by Gasteiger charge is 2.22. The Bertz CT molecular complexity index is 1440. The summed E-state index contributed by atoms with van der Waals surface area (Å²) in [5.74, 6) is 1.27. The Morgan fingerprint density at radius 2 is 1.76 bits per heavy atom. The molecule has 0 saturated carbocycles. The van der Waals surface area contributed by atoms with Gasteiger partial charge in [0.25, 0.3) is 5.91 Å². The lowest BCUT2D eigenvalue weighted by Crippen LogP contribution is -2.16. The number of imidazole rings is 1. The summed E-state index contributed by atoms with van der Waals surface area (Å²) in [4.78, 5) is 36.7. The van der Waals surface area contributed by atoms with Crippen LogP contribution in [0.1, 0.15) is 17.4 Å². The van der Waals surface area contributed by atoms with Crippen molar-refractivity contribution in [3.05, 3.63) is 52.6 Å². The van der Waals surface area contributed by atoms with Crippen LogP contribution in [0.5, 0.6) is 23.0 Å². The van der Waals surface area contributed by atoms with Gasteiger partial charge in [0.05, 0.1) is 33.6 Å². The van der Waals surface area contributed by atoms with Crippen LogP contribution < -0.4 is 30.4 Å². The van der Waals surface area contributed by atoms with Crippen LogP contribution in [0, 0.1) is 0 Å². The molecule has 0 unspecified atom stereocenters. The van der Waals surface area contributed by atoms with Gasteiger partial charge < -0.3 is 29.7 Å². The minimum atomic E-state index is -0.818. The van der Waals surface area contributed by atoms with E-state index in [1.165, 1.54) is 25.9 Å². The topological polar surface area (TPSA) is 144 Å². The molecule has 0 spiro atoms. The third-order valence-corrected chi connectivity index (χ3v) is 5.12. The molecule has 1 amide bonds. The molecule has 0 aliphatic heterocycles. The Labute approximate surface area is 194 Å². The number of primary amides is 1. The number of fused-ring (bicyclic) bond motifs is 1. The molecular formula is C23H23N5O6. The fourth-order valence-corrected chi connectivity index (χ4v) is 3.57. The zero-order valence-electron chi connectivity index (χ0n) is 19.0. The molecule has 0 saturated heterocycles. The lowest BCUT2D eigenvalue weighted by molar-refractivity contribution is 0.0997. The summed E-state index contributed by atoms with van der Waals surface area (Å²) in [7, 11) is 4.51. The molecule has 0 radical (unpaired) electrons. The van der Waals surface area contributed by atoms with E-state index in [2.05, 4.69) is 15.0 Å². The van der Waals surface area contributed by atoms with Crippen LogP contribution in [-0.4, -0.2) is 53.4 Å². The molecule has 3 N–H and O–H groups in total. The van der Waals surface area contributed by atoms with Crippen LogP contribution in [0.15, 0.2) is 41.2 Å². The van der Waals surface area contributed by atoms with Crippen LogP contribution in [0.2, 0.25) is 0 Å². The van der Waals surface area contributed by atoms with Gasteiger partial charge in [-0.25, -0.2) is 19.3 Å². The first-order valence-corrected chi connectivity index (χ1v) is 10.3. The van der Waals surface area contributed by atoms with Crippen LogP contribution in [0.25, 0.3) is 28.2 Å². The third-order valence-electron chi connectivity index (χ3n) is 5.12. The molecule has 0 bridgehead atoms. The van der Waals surface area contributed by atoms with Crippen molar-refractivity contribution in [1.29, 1.82) is 0 Å². The standard InChI is InChI=1S/C23H23N5O6/c1-5-34-15-9-6-12(10-17(15)33-4)21-25-18(20(24)29)19-22(27-21)28(23(30)26-19)14-8-7-13(31-2)11-16(14)32-3/h6-11H,5H2,1-4H3,(H2,24,29)(H,26,30). The van der Waals surface area contributed by atoms with Crippen molar-refractivity contribution in [2.75, 3.05) is 27.9 Å². The van der Waals surface area contributed by atoms with Gasteiger partial charge in [-0.15, -0.1) is 0 Å². The van der Waals surface area contributed by atoms with Gasteiger partial charge in [0.1, 0.15) is 17.0 Å². The van der Waals surface area contributed by atoms with Crippen LogP contribution in [0.3, 0.4) is 0 Å². The van der Waals surface area contributed by atoms with Gasteiger partial charge in [-0.3, -0.25) is 4.79 Å². The molecule has 0 fully saturated rings. The van der Waals surface area contributed by atoms with Crippen LogP contribution >= 0.6 is 0 Å². The van der Waals surface area contributed by atoms with E-state index in [0.29, 0.717) is 40.9 Å². The van der Waals surface area contributed by atoms with Crippen molar-refractivity contribution in [3.63, 3.8) is 0 Å². The highest BCUT2D eigenvalue weighted by molar-refractivity contribution is 6.02. The van der Waals surface area contributed by atoms with Gasteiger partial charge >= 0.3 is 5.69 Å². The smallest absolute Gasteiger partial charge is 0.332 e. The van der Waals surface area contributed by atoms with E-state index in [0.717, 1.165) is 0 Å². The number of methoxy groups -OCH3 is 3. The summed E-state index contributed by atoms with van der Waals surface area (Å²) >= 11 is 0. The normalized spacial score (nSPS) is 10.8. The first-order valence-electron chi connectivity index (χ1n) is 10.3. The fraction of sp³-hybridized carbons (Fsp3) is 0.217. The first kappa shape index (κ1) is 22.6. The van der Waals surface area contributed by atoms with Gasteiger partial charge in [-0.05, 0) is 37.3 Å². The van der Waals surface area contributed by atoms with E-state index >= 15 is 0 Å². The third kappa shape index (κ3) is 3.87. The second-order valence-electron chi connectivity index (χ2n) is 7.06. The number of hydrogen-bond donors (Lipinski definition) is 2. The number of rotatable bonds is 8. The minimum absolute atomic E-state index is 0.108. The quantitative estimate of drug-likeness (QED) is 0.403. The molecule has 2 heterocycles. The SMILES string of the molecule is CCOc1ccc(-c2nc(C(N)=O)c3[nH]c(=O)n(-c4ccc(OC)cc4OC)c3n2)cc1OC. The van der Waals surface area contributed by atoms with Crippen molar-refractivity contribution >= 4 is 17.1 Å². The maximum atomic E-state index is 13.0. The molecule has 4 rings (SSSR count). The number of nitrogens with one attached hydrogen (secondary N) is 1. The molecule has 11 heteroatoms. The fourth-order valence-electron chi connectivity index (χ4n) is 3.57. The predicted molar refractivity (Wildman–Crippen MR) is 124 cm³/mol. The number of benzene rings is 2. The van der Waals surface area contributed by atoms with Crippen LogP contribution in [-0.2, 0) is 0 Å². The maximum Gasteiger partial charge on any atom is 0.332 e. The number of ether oxygens (including phenoxy) is 4. The zero-order chi connectivity index (χ0) is 24.4.